The summed E-state index contributed by atoms with van der Waals surface area (Å²) in [6, 6.07) is 26.2. The van der Waals surface area contributed by atoms with Crippen molar-refractivity contribution >= 4 is 10.9 Å². The Morgan fingerprint density at radius 1 is 0.739 bits per heavy atom. The third-order valence-corrected chi connectivity index (χ3v) is 5.08. The van der Waals surface area contributed by atoms with Crippen molar-refractivity contribution in [3.63, 3.8) is 0 Å². The summed E-state index contributed by atoms with van der Waals surface area (Å²) in [5, 5.41) is 1.31. The number of hydrogen-bond donors (Lipinski definition) is 0. The van der Waals surface area contributed by atoms with E-state index in [0.717, 1.165) is 0 Å². The fraction of sp³-hybridized carbons (Fsp3) is 0.0909. The molecular formula is C22H17N. The number of para-hydroxylation sites is 1. The molecule has 4 aromatic rings. The molecule has 1 nitrogen and oxygen atoms in total. The lowest BCUT2D eigenvalue weighted by atomic mass is 9.97. The Hall–Kier alpha value is -2.80. The highest BCUT2D eigenvalue weighted by Gasteiger charge is 2.28. The summed E-state index contributed by atoms with van der Waals surface area (Å²) in [5.41, 5.74) is 8.24. The van der Waals surface area contributed by atoms with Crippen LogP contribution in [0.5, 0.6) is 0 Å². The Kier molecular flexibility index (Phi) is 2.54. The van der Waals surface area contributed by atoms with E-state index in [9.17, 15) is 0 Å². The average Bonchev–Trinajstić information content (AvgIpc) is 3.16. The van der Waals surface area contributed by atoms with Crippen LogP contribution in [0.1, 0.15) is 24.0 Å². The van der Waals surface area contributed by atoms with Crippen molar-refractivity contribution in [1.82, 2.24) is 4.57 Å². The van der Waals surface area contributed by atoms with Crippen molar-refractivity contribution in [1.29, 1.82) is 0 Å². The molecule has 1 aromatic heterocycles. The molecule has 3 aromatic carbocycles. The Morgan fingerprint density at radius 2 is 1.52 bits per heavy atom. The molecule has 1 heterocycles. The van der Waals surface area contributed by atoms with Crippen LogP contribution >= 0.6 is 0 Å². The standard InChI is InChI=1S/C22H17N/c1-15-18-9-5-6-10-19(18)20-12-11-16-13-14-23(22(16)21(15)20)17-7-3-2-4-8-17/h2-15H,1H3. The van der Waals surface area contributed by atoms with E-state index in [4.69, 9.17) is 0 Å². The second kappa shape index (κ2) is 4.60. The third kappa shape index (κ3) is 1.68. The summed E-state index contributed by atoms with van der Waals surface area (Å²) < 4.78 is 2.33. The van der Waals surface area contributed by atoms with Gasteiger partial charge < -0.3 is 4.57 Å². The Morgan fingerprint density at radius 3 is 2.39 bits per heavy atom. The molecule has 0 amide bonds. The van der Waals surface area contributed by atoms with Crippen LogP contribution in [-0.2, 0) is 0 Å². The minimum atomic E-state index is 0.433. The van der Waals surface area contributed by atoms with Gasteiger partial charge in [0.15, 0.2) is 0 Å². The van der Waals surface area contributed by atoms with Gasteiger partial charge in [-0.2, -0.15) is 0 Å². The van der Waals surface area contributed by atoms with E-state index in [2.05, 4.69) is 90.5 Å². The molecule has 1 unspecified atom stereocenters. The predicted molar refractivity (Wildman–Crippen MR) is 96.2 cm³/mol. The molecule has 0 saturated heterocycles. The zero-order valence-corrected chi connectivity index (χ0v) is 13.0. The van der Waals surface area contributed by atoms with Crippen molar-refractivity contribution in [3.05, 3.63) is 90.1 Å². The van der Waals surface area contributed by atoms with Crippen molar-refractivity contribution < 1.29 is 0 Å². The van der Waals surface area contributed by atoms with Crippen LogP contribution in [0, 0.1) is 0 Å². The summed E-state index contributed by atoms with van der Waals surface area (Å²) in [6.07, 6.45) is 2.19. The van der Waals surface area contributed by atoms with E-state index in [0.29, 0.717) is 5.92 Å². The van der Waals surface area contributed by atoms with E-state index in [1.165, 1.54) is 38.8 Å². The van der Waals surface area contributed by atoms with Gasteiger partial charge in [0.05, 0.1) is 5.52 Å². The van der Waals surface area contributed by atoms with Gasteiger partial charge in [-0.05, 0) is 40.5 Å². The lowest BCUT2D eigenvalue weighted by Gasteiger charge is -2.13. The maximum Gasteiger partial charge on any atom is 0.0572 e. The third-order valence-electron chi connectivity index (χ3n) is 5.08. The molecule has 0 radical (unpaired) electrons. The number of fused-ring (bicyclic) bond motifs is 5. The molecule has 0 spiro atoms. The highest BCUT2D eigenvalue weighted by atomic mass is 15.0. The van der Waals surface area contributed by atoms with Crippen LogP contribution in [0.2, 0.25) is 0 Å². The van der Waals surface area contributed by atoms with E-state index < -0.39 is 0 Å². The smallest absolute Gasteiger partial charge is 0.0572 e. The summed E-state index contributed by atoms with van der Waals surface area (Å²) >= 11 is 0. The van der Waals surface area contributed by atoms with Gasteiger partial charge in [-0.3, -0.25) is 0 Å². The number of benzene rings is 3. The normalized spacial score (nSPS) is 15.6. The molecule has 0 N–H and O–H groups in total. The molecule has 23 heavy (non-hydrogen) atoms. The fourth-order valence-electron chi connectivity index (χ4n) is 4.01. The van der Waals surface area contributed by atoms with Crippen molar-refractivity contribution in [3.8, 4) is 16.8 Å². The van der Waals surface area contributed by atoms with Gasteiger partial charge in [-0.1, -0.05) is 61.5 Å². The van der Waals surface area contributed by atoms with Crippen LogP contribution in [0.3, 0.4) is 0 Å². The summed E-state index contributed by atoms with van der Waals surface area (Å²) in [5.74, 6) is 0.433. The Bertz CT molecular complexity index is 1020. The van der Waals surface area contributed by atoms with Gasteiger partial charge in [-0.15, -0.1) is 0 Å². The Balaban J connectivity index is 1.87. The molecule has 1 heteroatoms. The monoisotopic (exact) mass is 295 g/mol. The minimum Gasteiger partial charge on any atom is -0.316 e. The summed E-state index contributed by atoms with van der Waals surface area (Å²) in [6.45, 7) is 2.33. The first kappa shape index (κ1) is 12.7. The number of hydrogen-bond acceptors (Lipinski definition) is 0. The van der Waals surface area contributed by atoms with E-state index in [1.807, 2.05) is 0 Å². The second-order valence-corrected chi connectivity index (χ2v) is 6.29. The quantitative estimate of drug-likeness (QED) is 0.420. The van der Waals surface area contributed by atoms with Crippen LogP contribution in [0.15, 0.2) is 79.0 Å². The zero-order valence-electron chi connectivity index (χ0n) is 13.0. The maximum absolute atomic E-state index is 2.33. The van der Waals surface area contributed by atoms with Gasteiger partial charge in [0.2, 0.25) is 0 Å². The number of nitrogens with zero attached hydrogens (tertiary/aromatic N) is 1. The minimum absolute atomic E-state index is 0.433. The van der Waals surface area contributed by atoms with Crippen molar-refractivity contribution in [2.45, 2.75) is 12.8 Å². The first-order valence-electron chi connectivity index (χ1n) is 8.13. The van der Waals surface area contributed by atoms with Gasteiger partial charge in [0, 0.05) is 23.2 Å². The second-order valence-electron chi connectivity index (χ2n) is 6.29. The topological polar surface area (TPSA) is 4.93 Å². The van der Waals surface area contributed by atoms with Gasteiger partial charge >= 0.3 is 0 Å². The molecule has 0 saturated carbocycles. The van der Waals surface area contributed by atoms with Crippen LogP contribution in [-0.4, -0.2) is 4.57 Å². The molecule has 1 aliphatic carbocycles. The lowest BCUT2D eigenvalue weighted by Crippen LogP contribution is -1.97. The van der Waals surface area contributed by atoms with E-state index >= 15 is 0 Å². The maximum atomic E-state index is 2.33. The predicted octanol–water partition coefficient (Wildman–Crippen LogP) is 5.76. The molecule has 0 aliphatic heterocycles. The summed E-state index contributed by atoms with van der Waals surface area (Å²) in [7, 11) is 0. The van der Waals surface area contributed by atoms with Gasteiger partial charge in [0.1, 0.15) is 0 Å². The molecule has 0 bridgehead atoms. The van der Waals surface area contributed by atoms with Crippen LogP contribution in [0.25, 0.3) is 27.7 Å². The van der Waals surface area contributed by atoms with Gasteiger partial charge in [0.25, 0.3) is 0 Å². The number of rotatable bonds is 1. The zero-order chi connectivity index (χ0) is 15.4. The highest BCUT2D eigenvalue weighted by molar-refractivity contribution is 5.95. The van der Waals surface area contributed by atoms with E-state index in [-0.39, 0.29) is 0 Å². The summed E-state index contributed by atoms with van der Waals surface area (Å²) in [4.78, 5) is 0. The largest absolute Gasteiger partial charge is 0.316 e. The molecular weight excluding hydrogens is 278 g/mol. The van der Waals surface area contributed by atoms with Crippen LogP contribution in [0.4, 0.5) is 0 Å². The highest BCUT2D eigenvalue weighted by Crippen LogP contribution is 2.47. The Labute approximate surface area is 135 Å². The first-order chi connectivity index (χ1) is 11.3. The lowest BCUT2D eigenvalue weighted by molar-refractivity contribution is 0.954. The van der Waals surface area contributed by atoms with Crippen molar-refractivity contribution in [2.24, 2.45) is 0 Å². The van der Waals surface area contributed by atoms with Crippen molar-refractivity contribution in [2.75, 3.05) is 0 Å². The molecule has 1 atom stereocenters. The first-order valence-corrected chi connectivity index (χ1v) is 8.13. The molecule has 110 valence electrons. The molecule has 1 aliphatic rings. The SMILES string of the molecule is CC1c2ccccc2-c2ccc3ccn(-c4ccccc4)c3c21. The number of aromatic nitrogens is 1. The van der Waals surface area contributed by atoms with Crippen LogP contribution < -0.4 is 0 Å². The van der Waals surface area contributed by atoms with E-state index in [1.54, 1.807) is 0 Å². The average molecular weight is 295 g/mol. The molecule has 0 fully saturated rings. The van der Waals surface area contributed by atoms with Gasteiger partial charge in [-0.25, -0.2) is 0 Å². The fourth-order valence-corrected chi connectivity index (χ4v) is 4.01. The molecule has 5 rings (SSSR count).